The lowest BCUT2D eigenvalue weighted by Gasteiger charge is -2.32. The summed E-state index contributed by atoms with van der Waals surface area (Å²) >= 11 is 0. The van der Waals surface area contributed by atoms with Crippen molar-refractivity contribution in [3.63, 3.8) is 0 Å². The van der Waals surface area contributed by atoms with Crippen LogP contribution in [0.2, 0.25) is 0 Å². The fourth-order valence-corrected chi connectivity index (χ4v) is 2.47. The van der Waals surface area contributed by atoms with Gasteiger partial charge in [0.2, 0.25) is 5.91 Å². The Balaban J connectivity index is 1.92. The molecular weight excluding hydrogens is 242 g/mol. The summed E-state index contributed by atoms with van der Waals surface area (Å²) in [6.45, 7) is 1.67. The summed E-state index contributed by atoms with van der Waals surface area (Å²) in [5, 5.41) is 9.19. The molecule has 1 aliphatic rings. The lowest BCUT2D eigenvalue weighted by molar-refractivity contribution is -0.132. The molecule has 0 aliphatic carbocycles. The summed E-state index contributed by atoms with van der Waals surface area (Å²) in [6.07, 6.45) is 2.42. The number of benzene rings is 1. The summed E-state index contributed by atoms with van der Waals surface area (Å²) in [6, 6.07) is 7.58. The van der Waals surface area contributed by atoms with Crippen molar-refractivity contribution in [2.75, 3.05) is 26.8 Å². The molecule has 1 unspecified atom stereocenters. The van der Waals surface area contributed by atoms with E-state index in [9.17, 15) is 9.90 Å². The van der Waals surface area contributed by atoms with Crippen LogP contribution in [0.5, 0.6) is 5.75 Å². The standard InChI is InChI=1S/C15H21NO3/c1-19-14-6-4-12(5-7-14)9-15(18)16-8-2-3-13(10-16)11-17/h4-7,13,17H,2-3,8-11H2,1H3. The topological polar surface area (TPSA) is 49.8 Å². The molecule has 1 aromatic carbocycles. The van der Waals surface area contributed by atoms with Crippen LogP contribution in [0.1, 0.15) is 18.4 Å². The van der Waals surface area contributed by atoms with Gasteiger partial charge in [0.1, 0.15) is 5.75 Å². The molecule has 1 amide bonds. The second kappa shape index (κ2) is 6.57. The van der Waals surface area contributed by atoms with E-state index in [1.165, 1.54) is 0 Å². The molecule has 1 atom stereocenters. The molecule has 0 bridgehead atoms. The Morgan fingerprint density at radius 1 is 1.42 bits per heavy atom. The Hall–Kier alpha value is -1.55. The average Bonchev–Trinajstić information content (AvgIpc) is 2.48. The van der Waals surface area contributed by atoms with Gasteiger partial charge in [0.15, 0.2) is 0 Å². The Morgan fingerprint density at radius 2 is 2.16 bits per heavy atom. The van der Waals surface area contributed by atoms with E-state index < -0.39 is 0 Å². The lowest BCUT2D eigenvalue weighted by Crippen LogP contribution is -2.41. The molecule has 19 heavy (non-hydrogen) atoms. The summed E-state index contributed by atoms with van der Waals surface area (Å²) in [7, 11) is 1.63. The first-order valence-electron chi connectivity index (χ1n) is 6.74. The number of ether oxygens (including phenoxy) is 1. The molecule has 0 aromatic heterocycles. The zero-order chi connectivity index (χ0) is 13.7. The van der Waals surface area contributed by atoms with Crippen LogP contribution < -0.4 is 4.74 Å². The number of rotatable bonds is 4. The fourth-order valence-electron chi connectivity index (χ4n) is 2.47. The minimum atomic E-state index is 0.142. The summed E-state index contributed by atoms with van der Waals surface area (Å²) in [5.41, 5.74) is 0.997. The second-order valence-electron chi connectivity index (χ2n) is 5.06. The van der Waals surface area contributed by atoms with Gasteiger partial charge in [-0.25, -0.2) is 0 Å². The number of hydrogen-bond acceptors (Lipinski definition) is 3. The van der Waals surface area contributed by atoms with Crippen molar-refractivity contribution in [1.29, 1.82) is 0 Å². The van der Waals surface area contributed by atoms with Crippen LogP contribution in [0.25, 0.3) is 0 Å². The summed E-state index contributed by atoms with van der Waals surface area (Å²) < 4.78 is 5.10. The molecule has 1 heterocycles. The molecule has 104 valence electrons. The van der Waals surface area contributed by atoms with Gasteiger partial charge in [-0.2, -0.15) is 0 Å². The number of nitrogens with zero attached hydrogens (tertiary/aromatic N) is 1. The molecule has 4 heteroatoms. The van der Waals surface area contributed by atoms with Crippen LogP contribution in [-0.4, -0.2) is 42.7 Å². The zero-order valence-corrected chi connectivity index (χ0v) is 11.3. The van der Waals surface area contributed by atoms with Gasteiger partial charge in [-0.3, -0.25) is 4.79 Å². The minimum Gasteiger partial charge on any atom is -0.497 e. The number of methoxy groups -OCH3 is 1. The van der Waals surface area contributed by atoms with Crippen LogP contribution >= 0.6 is 0 Å². The molecule has 1 aromatic rings. The third kappa shape index (κ3) is 3.70. The first kappa shape index (κ1) is 13.9. The van der Waals surface area contributed by atoms with Crippen molar-refractivity contribution in [3.8, 4) is 5.75 Å². The smallest absolute Gasteiger partial charge is 0.226 e. The van der Waals surface area contributed by atoms with E-state index in [4.69, 9.17) is 4.74 Å². The van der Waals surface area contributed by atoms with Crippen LogP contribution in [0.4, 0.5) is 0 Å². The van der Waals surface area contributed by atoms with Crippen molar-refractivity contribution in [3.05, 3.63) is 29.8 Å². The highest BCUT2D eigenvalue weighted by atomic mass is 16.5. The molecule has 1 N–H and O–H groups in total. The molecule has 1 saturated heterocycles. The first-order chi connectivity index (χ1) is 9.22. The molecule has 0 spiro atoms. The molecule has 1 aliphatic heterocycles. The maximum Gasteiger partial charge on any atom is 0.226 e. The zero-order valence-electron chi connectivity index (χ0n) is 11.3. The molecule has 4 nitrogen and oxygen atoms in total. The van der Waals surface area contributed by atoms with E-state index in [1.54, 1.807) is 7.11 Å². The second-order valence-corrected chi connectivity index (χ2v) is 5.06. The molecule has 0 saturated carbocycles. The first-order valence-corrected chi connectivity index (χ1v) is 6.74. The SMILES string of the molecule is COc1ccc(CC(=O)N2CCCC(CO)C2)cc1. The van der Waals surface area contributed by atoms with Crippen LogP contribution in [-0.2, 0) is 11.2 Å². The number of aliphatic hydroxyl groups is 1. The van der Waals surface area contributed by atoms with E-state index in [0.29, 0.717) is 13.0 Å². The third-order valence-corrected chi connectivity index (χ3v) is 3.64. The van der Waals surface area contributed by atoms with Gasteiger partial charge in [0.25, 0.3) is 0 Å². The van der Waals surface area contributed by atoms with E-state index in [0.717, 1.165) is 30.7 Å². The van der Waals surface area contributed by atoms with Gasteiger partial charge in [-0.1, -0.05) is 12.1 Å². The summed E-state index contributed by atoms with van der Waals surface area (Å²) in [5.74, 6) is 1.19. The van der Waals surface area contributed by atoms with Crippen molar-refractivity contribution < 1.29 is 14.6 Å². The van der Waals surface area contributed by atoms with Gasteiger partial charge < -0.3 is 14.7 Å². The molecular formula is C15H21NO3. The number of carbonyl (C=O) groups excluding carboxylic acids is 1. The van der Waals surface area contributed by atoms with Crippen molar-refractivity contribution >= 4 is 5.91 Å². The van der Waals surface area contributed by atoms with Crippen LogP contribution in [0, 0.1) is 5.92 Å². The highest BCUT2D eigenvalue weighted by Gasteiger charge is 2.22. The maximum absolute atomic E-state index is 12.2. The molecule has 1 fully saturated rings. The van der Waals surface area contributed by atoms with Crippen molar-refractivity contribution in [1.82, 2.24) is 4.90 Å². The minimum absolute atomic E-state index is 0.142. The van der Waals surface area contributed by atoms with Crippen molar-refractivity contribution in [2.45, 2.75) is 19.3 Å². The predicted molar refractivity (Wildman–Crippen MR) is 73.1 cm³/mol. The molecule has 2 rings (SSSR count). The predicted octanol–water partition coefficient (Wildman–Crippen LogP) is 1.47. The lowest BCUT2D eigenvalue weighted by atomic mass is 9.98. The van der Waals surface area contributed by atoms with Gasteiger partial charge in [-0.15, -0.1) is 0 Å². The van der Waals surface area contributed by atoms with E-state index in [-0.39, 0.29) is 18.4 Å². The number of amides is 1. The number of piperidine rings is 1. The number of carbonyl (C=O) groups is 1. The number of hydrogen-bond donors (Lipinski definition) is 1. The highest BCUT2D eigenvalue weighted by molar-refractivity contribution is 5.78. The number of aliphatic hydroxyl groups excluding tert-OH is 1. The normalized spacial score (nSPS) is 19.3. The van der Waals surface area contributed by atoms with E-state index >= 15 is 0 Å². The number of likely N-dealkylation sites (tertiary alicyclic amines) is 1. The van der Waals surface area contributed by atoms with Gasteiger partial charge >= 0.3 is 0 Å². The van der Waals surface area contributed by atoms with E-state index in [2.05, 4.69) is 0 Å². The Labute approximate surface area is 114 Å². The fraction of sp³-hybridized carbons (Fsp3) is 0.533. The quantitative estimate of drug-likeness (QED) is 0.895. The van der Waals surface area contributed by atoms with E-state index in [1.807, 2.05) is 29.2 Å². The van der Waals surface area contributed by atoms with Gasteiger partial charge in [0.05, 0.1) is 13.5 Å². The highest BCUT2D eigenvalue weighted by Crippen LogP contribution is 2.18. The monoisotopic (exact) mass is 263 g/mol. The van der Waals surface area contributed by atoms with Crippen molar-refractivity contribution in [2.24, 2.45) is 5.92 Å². The Bertz CT molecular complexity index is 416. The summed E-state index contributed by atoms with van der Waals surface area (Å²) in [4.78, 5) is 14.1. The Kier molecular flexibility index (Phi) is 4.80. The van der Waals surface area contributed by atoms with Crippen LogP contribution in [0.3, 0.4) is 0 Å². The molecule has 0 radical (unpaired) electrons. The van der Waals surface area contributed by atoms with Gasteiger partial charge in [-0.05, 0) is 36.5 Å². The van der Waals surface area contributed by atoms with Crippen LogP contribution in [0.15, 0.2) is 24.3 Å². The largest absolute Gasteiger partial charge is 0.497 e. The third-order valence-electron chi connectivity index (χ3n) is 3.64. The Morgan fingerprint density at radius 3 is 2.79 bits per heavy atom. The maximum atomic E-state index is 12.2. The average molecular weight is 263 g/mol. The van der Waals surface area contributed by atoms with Gasteiger partial charge in [0, 0.05) is 19.7 Å².